The van der Waals surface area contributed by atoms with Crippen LogP contribution in [0.5, 0.6) is 0 Å². The molecule has 18 heavy (non-hydrogen) atoms. The Morgan fingerprint density at radius 3 is 2.78 bits per heavy atom. The van der Waals surface area contributed by atoms with E-state index in [1.807, 2.05) is 12.1 Å². The van der Waals surface area contributed by atoms with Crippen LogP contribution in [-0.2, 0) is 0 Å². The van der Waals surface area contributed by atoms with Crippen molar-refractivity contribution < 1.29 is 0 Å². The van der Waals surface area contributed by atoms with Crippen LogP contribution in [0.15, 0.2) is 24.3 Å². The van der Waals surface area contributed by atoms with E-state index < -0.39 is 0 Å². The van der Waals surface area contributed by atoms with Crippen LogP contribution in [0.4, 0.5) is 5.69 Å². The van der Waals surface area contributed by atoms with Gasteiger partial charge in [0.25, 0.3) is 0 Å². The number of rotatable bonds is 1. The Kier molecular flexibility index (Phi) is 3.49. The summed E-state index contributed by atoms with van der Waals surface area (Å²) in [7, 11) is 0. The molecular formula is C15H21ClN2. The molecule has 0 atom stereocenters. The van der Waals surface area contributed by atoms with E-state index in [0.29, 0.717) is 5.54 Å². The Bertz CT molecular complexity index is 407. The lowest BCUT2D eigenvalue weighted by atomic mass is 9.80. The second-order valence-corrected chi connectivity index (χ2v) is 6.11. The van der Waals surface area contributed by atoms with Crippen LogP contribution in [0.2, 0.25) is 5.02 Å². The van der Waals surface area contributed by atoms with Crippen LogP contribution in [0.3, 0.4) is 0 Å². The molecule has 2 fully saturated rings. The Hall–Kier alpha value is -0.730. The maximum atomic E-state index is 6.10. The molecule has 1 spiro atoms. The molecule has 1 aliphatic heterocycles. The summed E-state index contributed by atoms with van der Waals surface area (Å²) in [5.41, 5.74) is 1.63. The van der Waals surface area contributed by atoms with Crippen molar-refractivity contribution in [2.75, 3.05) is 24.5 Å². The molecule has 0 amide bonds. The maximum absolute atomic E-state index is 6.10. The SMILES string of the molecule is Clc1cccc(N2CCNC3(CCCCC3)C2)c1. The number of nitrogens with one attached hydrogen (secondary N) is 1. The quantitative estimate of drug-likeness (QED) is 0.836. The van der Waals surface area contributed by atoms with Gasteiger partial charge in [-0.05, 0) is 31.0 Å². The summed E-state index contributed by atoms with van der Waals surface area (Å²) in [5, 5.41) is 4.61. The van der Waals surface area contributed by atoms with Crippen LogP contribution < -0.4 is 10.2 Å². The lowest BCUT2D eigenvalue weighted by Gasteiger charge is -2.47. The van der Waals surface area contributed by atoms with Crippen LogP contribution in [0.1, 0.15) is 32.1 Å². The van der Waals surface area contributed by atoms with E-state index in [1.165, 1.54) is 37.8 Å². The fourth-order valence-electron chi connectivity index (χ4n) is 3.41. The van der Waals surface area contributed by atoms with Crippen LogP contribution in [0.25, 0.3) is 0 Å². The topological polar surface area (TPSA) is 15.3 Å². The predicted octanol–water partition coefficient (Wildman–Crippen LogP) is 3.45. The van der Waals surface area contributed by atoms with Gasteiger partial charge in [-0.1, -0.05) is 36.9 Å². The molecule has 1 heterocycles. The summed E-state index contributed by atoms with van der Waals surface area (Å²) < 4.78 is 0. The minimum atomic E-state index is 0.360. The third kappa shape index (κ3) is 2.50. The zero-order valence-electron chi connectivity index (χ0n) is 10.8. The molecule has 0 aromatic heterocycles. The monoisotopic (exact) mass is 264 g/mol. The first kappa shape index (κ1) is 12.3. The van der Waals surface area contributed by atoms with E-state index in [1.54, 1.807) is 0 Å². The number of anilines is 1. The molecular weight excluding hydrogens is 244 g/mol. The Morgan fingerprint density at radius 2 is 2.00 bits per heavy atom. The fourth-order valence-corrected chi connectivity index (χ4v) is 3.60. The molecule has 3 rings (SSSR count). The summed E-state index contributed by atoms with van der Waals surface area (Å²) >= 11 is 6.10. The number of nitrogens with zero attached hydrogens (tertiary/aromatic N) is 1. The Morgan fingerprint density at radius 1 is 1.17 bits per heavy atom. The lowest BCUT2D eigenvalue weighted by Crippen LogP contribution is -2.61. The molecule has 2 nitrogen and oxygen atoms in total. The van der Waals surface area contributed by atoms with Crippen LogP contribution >= 0.6 is 11.6 Å². The first-order valence-electron chi connectivity index (χ1n) is 7.03. The minimum Gasteiger partial charge on any atom is -0.368 e. The van der Waals surface area contributed by atoms with Crippen molar-refractivity contribution in [3.05, 3.63) is 29.3 Å². The van der Waals surface area contributed by atoms with Crippen molar-refractivity contribution in [2.24, 2.45) is 0 Å². The van der Waals surface area contributed by atoms with E-state index >= 15 is 0 Å². The van der Waals surface area contributed by atoms with Gasteiger partial charge in [0.2, 0.25) is 0 Å². The van der Waals surface area contributed by atoms with Crippen molar-refractivity contribution in [3.63, 3.8) is 0 Å². The zero-order valence-corrected chi connectivity index (χ0v) is 11.5. The standard InChI is InChI=1S/C15H21ClN2/c16-13-5-4-6-14(11-13)18-10-9-17-15(12-18)7-2-1-3-8-15/h4-6,11,17H,1-3,7-10,12H2. The largest absolute Gasteiger partial charge is 0.368 e. The molecule has 0 radical (unpaired) electrons. The van der Waals surface area contributed by atoms with Gasteiger partial charge in [-0.3, -0.25) is 0 Å². The molecule has 3 heteroatoms. The third-order valence-electron chi connectivity index (χ3n) is 4.36. The molecule has 1 saturated heterocycles. The second kappa shape index (κ2) is 5.10. The van der Waals surface area contributed by atoms with E-state index in [2.05, 4.69) is 22.3 Å². The van der Waals surface area contributed by atoms with Gasteiger partial charge < -0.3 is 10.2 Å². The summed E-state index contributed by atoms with van der Waals surface area (Å²) in [6.07, 6.45) is 6.79. The van der Waals surface area contributed by atoms with E-state index in [0.717, 1.165) is 24.7 Å². The molecule has 0 unspecified atom stereocenters. The predicted molar refractivity (Wildman–Crippen MR) is 77.5 cm³/mol. The number of hydrogen-bond donors (Lipinski definition) is 1. The average Bonchev–Trinajstić information content (AvgIpc) is 2.40. The van der Waals surface area contributed by atoms with Crippen LogP contribution in [0, 0.1) is 0 Å². The minimum absolute atomic E-state index is 0.360. The van der Waals surface area contributed by atoms with Gasteiger partial charge >= 0.3 is 0 Å². The van der Waals surface area contributed by atoms with Gasteiger partial charge in [0.05, 0.1) is 0 Å². The van der Waals surface area contributed by atoms with Crippen molar-refractivity contribution in [2.45, 2.75) is 37.6 Å². The zero-order chi connectivity index (χ0) is 12.4. The van der Waals surface area contributed by atoms with Crippen molar-refractivity contribution in [3.8, 4) is 0 Å². The maximum Gasteiger partial charge on any atom is 0.0426 e. The number of hydrogen-bond acceptors (Lipinski definition) is 2. The fraction of sp³-hybridized carbons (Fsp3) is 0.600. The second-order valence-electron chi connectivity index (χ2n) is 5.67. The summed E-state index contributed by atoms with van der Waals surface area (Å²) in [6, 6.07) is 8.26. The van der Waals surface area contributed by atoms with Gasteiger partial charge in [-0.2, -0.15) is 0 Å². The highest BCUT2D eigenvalue weighted by molar-refractivity contribution is 6.30. The van der Waals surface area contributed by atoms with E-state index in [-0.39, 0.29) is 0 Å². The highest BCUT2D eigenvalue weighted by atomic mass is 35.5. The third-order valence-corrected chi connectivity index (χ3v) is 4.59. The number of piperazine rings is 1. The Balaban J connectivity index is 1.77. The smallest absolute Gasteiger partial charge is 0.0426 e. The van der Waals surface area contributed by atoms with E-state index in [9.17, 15) is 0 Å². The lowest BCUT2D eigenvalue weighted by molar-refractivity contribution is 0.216. The summed E-state index contributed by atoms with van der Waals surface area (Å²) in [4.78, 5) is 2.49. The summed E-state index contributed by atoms with van der Waals surface area (Å²) in [6.45, 7) is 3.31. The first-order chi connectivity index (χ1) is 8.77. The van der Waals surface area contributed by atoms with Gasteiger partial charge in [-0.15, -0.1) is 0 Å². The molecule has 2 aliphatic rings. The molecule has 1 N–H and O–H groups in total. The highest BCUT2D eigenvalue weighted by Crippen LogP contribution is 2.32. The molecule has 0 bridgehead atoms. The van der Waals surface area contributed by atoms with E-state index in [4.69, 9.17) is 11.6 Å². The average molecular weight is 265 g/mol. The molecule has 1 aromatic carbocycles. The molecule has 1 aliphatic carbocycles. The highest BCUT2D eigenvalue weighted by Gasteiger charge is 2.36. The van der Waals surface area contributed by atoms with Crippen molar-refractivity contribution in [1.29, 1.82) is 0 Å². The first-order valence-corrected chi connectivity index (χ1v) is 7.41. The van der Waals surface area contributed by atoms with Crippen LogP contribution in [-0.4, -0.2) is 25.2 Å². The number of benzene rings is 1. The van der Waals surface area contributed by atoms with Gasteiger partial charge in [0.15, 0.2) is 0 Å². The molecule has 98 valence electrons. The van der Waals surface area contributed by atoms with Gasteiger partial charge in [0, 0.05) is 35.9 Å². The molecule has 1 aromatic rings. The van der Waals surface area contributed by atoms with Gasteiger partial charge in [-0.25, -0.2) is 0 Å². The van der Waals surface area contributed by atoms with Gasteiger partial charge in [0.1, 0.15) is 0 Å². The Labute approximate surface area is 114 Å². The summed E-state index contributed by atoms with van der Waals surface area (Å²) in [5.74, 6) is 0. The van der Waals surface area contributed by atoms with Crippen molar-refractivity contribution in [1.82, 2.24) is 5.32 Å². The normalized spacial score (nSPS) is 23.3. The van der Waals surface area contributed by atoms with Crippen molar-refractivity contribution >= 4 is 17.3 Å². The number of halogens is 1. The molecule has 1 saturated carbocycles.